The number of benzene rings is 2. The third-order valence-electron chi connectivity index (χ3n) is 2.74. The van der Waals surface area contributed by atoms with Crippen LogP contribution in [0.5, 0.6) is 0 Å². The Bertz CT molecular complexity index is 633. The van der Waals surface area contributed by atoms with Gasteiger partial charge in [-0.3, -0.25) is 0 Å². The summed E-state index contributed by atoms with van der Waals surface area (Å²) in [5, 5.41) is 1.09. The Morgan fingerprint density at radius 3 is 2.47 bits per heavy atom. The molecule has 0 saturated carbocycles. The van der Waals surface area contributed by atoms with Crippen LogP contribution in [-0.2, 0) is 6.42 Å². The quantitative estimate of drug-likeness (QED) is 0.662. The van der Waals surface area contributed by atoms with Crippen molar-refractivity contribution >= 4 is 10.9 Å². The molecule has 0 radical (unpaired) electrons. The molecule has 0 aliphatic heterocycles. The third kappa shape index (κ3) is 2.16. The molecule has 2 nitrogen and oxygen atoms in total. The lowest BCUT2D eigenvalue weighted by Crippen LogP contribution is -1.96. The van der Waals surface area contributed by atoms with E-state index >= 15 is 0 Å². The van der Waals surface area contributed by atoms with E-state index in [1.54, 1.807) is 0 Å². The van der Waals surface area contributed by atoms with Crippen LogP contribution in [0.2, 0.25) is 0 Å². The van der Waals surface area contributed by atoms with Gasteiger partial charge in [0.05, 0.1) is 5.52 Å². The Hall–Kier alpha value is -2.22. The number of hydrogen-bond donors (Lipinski definition) is 0. The van der Waals surface area contributed by atoms with Crippen molar-refractivity contribution in [3.8, 4) is 0 Å². The Morgan fingerprint density at radius 2 is 1.59 bits per heavy atom. The van der Waals surface area contributed by atoms with Gasteiger partial charge in [0.1, 0.15) is 5.82 Å². The van der Waals surface area contributed by atoms with E-state index in [2.05, 4.69) is 22.1 Å². The van der Waals surface area contributed by atoms with E-state index < -0.39 is 0 Å². The van der Waals surface area contributed by atoms with E-state index in [1.807, 2.05) is 48.7 Å². The Kier molecular flexibility index (Phi) is 2.54. The predicted octanol–water partition coefficient (Wildman–Crippen LogP) is 3.22. The summed E-state index contributed by atoms with van der Waals surface area (Å²) < 4.78 is 0. The van der Waals surface area contributed by atoms with Gasteiger partial charge in [-0.05, 0) is 11.6 Å². The van der Waals surface area contributed by atoms with Crippen molar-refractivity contribution < 1.29 is 0 Å². The van der Waals surface area contributed by atoms with Crippen LogP contribution in [0.25, 0.3) is 10.9 Å². The van der Waals surface area contributed by atoms with Crippen molar-refractivity contribution in [1.29, 1.82) is 0 Å². The van der Waals surface area contributed by atoms with Crippen LogP contribution in [-0.4, -0.2) is 9.97 Å². The first-order valence-corrected chi connectivity index (χ1v) is 5.66. The molecule has 3 aromatic rings. The highest BCUT2D eigenvalue weighted by Crippen LogP contribution is 2.11. The molecule has 0 aliphatic rings. The van der Waals surface area contributed by atoms with Gasteiger partial charge in [0.15, 0.2) is 0 Å². The normalized spacial score (nSPS) is 10.6. The molecule has 0 atom stereocenters. The minimum Gasteiger partial charge on any atom is -0.240 e. The highest BCUT2D eigenvalue weighted by atomic mass is 14.9. The molecule has 0 fully saturated rings. The molecular weight excluding hydrogens is 208 g/mol. The summed E-state index contributed by atoms with van der Waals surface area (Å²) in [6, 6.07) is 18.3. The van der Waals surface area contributed by atoms with Crippen molar-refractivity contribution in [2.45, 2.75) is 6.42 Å². The van der Waals surface area contributed by atoms with Gasteiger partial charge in [0.25, 0.3) is 0 Å². The van der Waals surface area contributed by atoms with Gasteiger partial charge < -0.3 is 0 Å². The smallest absolute Gasteiger partial charge is 0.133 e. The Labute approximate surface area is 100.0 Å². The van der Waals surface area contributed by atoms with Crippen LogP contribution in [0.15, 0.2) is 60.8 Å². The minimum absolute atomic E-state index is 0.783. The van der Waals surface area contributed by atoms with Crippen LogP contribution in [0, 0.1) is 0 Å². The molecule has 0 N–H and O–H groups in total. The lowest BCUT2D eigenvalue weighted by Gasteiger charge is -2.02. The first-order chi connectivity index (χ1) is 8.42. The fourth-order valence-electron chi connectivity index (χ4n) is 1.87. The average molecular weight is 220 g/mol. The van der Waals surface area contributed by atoms with Gasteiger partial charge in [-0.25, -0.2) is 9.97 Å². The molecule has 2 heteroatoms. The maximum Gasteiger partial charge on any atom is 0.133 e. The number of rotatable bonds is 2. The van der Waals surface area contributed by atoms with E-state index in [9.17, 15) is 0 Å². The molecule has 0 aliphatic carbocycles. The van der Waals surface area contributed by atoms with E-state index in [1.165, 1.54) is 5.56 Å². The summed E-state index contributed by atoms with van der Waals surface area (Å²) in [6.07, 6.45) is 2.67. The first kappa shape index (κ1) is 9.97. The van der Waals surface area contributed by atoms with Crippen molar-refractivity contribution in [3.05, 3.63) is 72.2 Å². The molecule has 0 unspecified atom stereocenters. The second-order valence-electron chi connectivity index (χ2n) is 4.01. The monoisotopic (exact) mass is 220 g/mol. The topological polar surface area (TPSA) is 25.8 Å². The molecule has 2 aromatic carbocycles. The van der Waals surface area contributed by atoms with Gasteiger partial charge in [0.2, 0.25) is 0 Å². The second kappa shape index (κ2) is 4.34. The highest BCUT2D eigenvalue weighted by Gasteiger charge is 2.00. The van der Waals surface area contributed by atoms with Gasteiger partial charge in [-0.15, -0.1) is 0 Å². The summed E-state index contributed by atoms with van der Waals surface area (Å²) in [6.45, 7) is 0. The van der Waals surface area contributed by atoms with Crippen molar-refractivity contribution in [1.82, 2.24) is 9.97 Å². The van der Waals surface area contributed by atoms with Crippen LogP contribution >= 0.6 is 0 Å². The van der Waals surface area contributed by atoms with E-state index in [4.69, 9.17) is 0 Å². The summed E-state index contributed by atoms with van der Waals surface area (Å²) in [5.41, 5.74) is 2.25. The maximum absolute atomic E-state index is 4.56. The second-order valence-corrected chi connectivity index (χ2v) is 4.01. The zero-order chi connectivity index (χ0) is 11.5. The fourth-order valence-corrected chi connectivity index (χ4v) is 1.87. The standard InChI is InChI=1S/C15H12N2/c1-2-6-12(7-3-1)10-15-16-11-13-8-4-5-9-14(13)17-15/h1-9,11H,10H2. The first-order valence-electron chi connectivity index (χ1n) is 5.66. The molecule has 0 bridgehead atoms. The molecule has 3 rings (SSSR count). The van der Waals surface area contributed by atoms with Gasteiger partial charge in [0, 0.05) is 18.0 Å². The molecule has 1 heterocycles. The molecule has 0 spiro atoms. The zero-order valence-electron chi connectivity index (χ0n) is 9.38. The molecule has 0 amide bonds. The molecular formula is C15H12N2. The fraction of sp³-hybridized carbons (Fsp3) is 0.0667. The summed E-state index contributed by atoms with van der Waals surface area (Å²) in [4.78, 5) is 8.95. The minimum atomic E-state index is 0.783. The van der Waals surface area contributed by atoms with E-state index in [0.717, 1.165) is 23.1 Å². The number of nitrogens with zero attached hydrogens (tertiary/aromatic N) is 2. The van der Waals surface area contributed by atoms with Crippen LogP contribution in [0.1, 0.15) is 11.4 Å². The van der Waals surface area contributed by atoms with E-state index in [-0.39, 0.29) is 0 Å². The molecule has 1 aromatic heterocycles. The van der Waals surface area contributed by atoms with Gasteiger partial charge >= 0.3 is 0 Å². The Balaban J connectivity index is 1.96. The van der Waals surface area contributed by atoms with Crippen LogP contribution < -0.4 is 0 Å². The summed E-state index contributed by atoms with van der Waals surface area (Å²) in [7, 11) is 0. The SMILES string of the molecule is c1ccc(Cc2ncc3ccccc3n2)cc1. The lowest BCUT2D eigenvalue weighted by molar-refractivity contribution is 0.993. The van der Waals surface area contributed by atoms with Crippen LogP contribution in [0.3, 0.4) is 0 Å². The number of fused-ring (bicyclic) bond motifs is 1. The van der Waals surface area contributed by atoms with Gasteiger partial charge in [-0.1, -0.05) is 48.5 Å². The molecule has 0 saturated heterocycles. The summed E-state index contributed by atoms with van der Waals surface area (Å²) >= 11 is 0. The average Bonchev–Trinajstić information content (AvgIpc) is 2.40. The van der Waals surface area contributed by atoms with Gasteiger partial charge in [-0.2, -0.15) is 0 Å². The highest BCUT2D eigenvalue weighted by molar-refractivity contribution is 5.77. The van der Waals surface area contributed by atoms with Crippen molar-refractivity contribution in [2.24, 2.45) is 0 Å². The summed E-state index contributed by atoms with van der Waals surface area (Å²) in [5.74, 6) is 0.870. The predicted molar refractivity (Wildman–Crippen MR) is 68.8 cm³/mol. The Morgan fingerprint density at radius 1 is 0.824 bits per heavy atom. The van der Waals surface area contributed by atoms with Crippen molar-refractivity contribution in [2.75, 3.05) is 0 Å². The van der Waals surface area contributed by atoms with Crippen molar-refractivity contribution in [3.63, 3.8) is 0 Å². The van der Waals surface area contributed by atoms with Crippen LogP contribution in [0.4, 0.5) is 0 Å². The molecule has 82 valence electrons. The zero-order valence-corrected chi connectivity index (χ0v) is 9.38. The largest absolute Gasteiger partial charge is 0.240 e. The molecule has 17 heavy (non-hydrogen) atoms. The number of para-hydroxylation sites is 1. The lowest BCUT2D eigenvalue weighted by atomic mass is 10.1. The third-order valence-corrected chi connectivity index (χ3v) is 2.74. The van der Waals surface area contributed by atoms with E-state index in [0.29, 0.717) is 0 Å². The maximum atomic E-state index is 4.56. The number of hydrogen-bond acceptors (Lipinski definition) is 2. The number of aromatic nitrogens is 2.